The lowest BCUT2D eigenvalue weighted by Crippen LogP contribution is -2.42. The first kappa shape index (κ1) is 11.2. The summed E-state index contributed by atoms with van der Waals surface area (Å²) in [6.07, 6.45) is 3.22. The molecule has 1 unspecified atom stereocenters. The summed E-state index contributed by atoms with van der Waals surface area (Å²) in [5.41, 5.74) is 2.87. The molecule has 86 valence electrons. The molecule has 1 aromatic rings. The van der Waals surface area contributed by atoms with Gasteiger partial charge in [-0.2, -0.15) is 0 Å². The molecule has 0 bridgehead atoms. The van der Waals surface area contributed by atoms with Crippen LogP contribution in [0, 0.1) is 0 Å². The number of hydrogen-bond donors (Lipinski definition) is 0. The van der Waals surface area contributed by atoms with E-state index in [0.29, 0.717) is 6.04 Å². The molecule has 0 radical (unpaired) electrons. The van der Waals surface area contributed by atoms with Gasteiger partial charge in [-0.3, -0.25) is 4.79 Å². The van der Waals surface area contributed by atoms with Crippen LogP contribution in [0.2, 0.25) is 0 Å². The van der Waals surface area contributed by atoms with Crippen molar-refractivity contribution in [2.75, 3.05) is 6.54 Å². The maximum atomic E-state index is 11.5. The lowest BCUT2D eigenvalue weighted by atomic mass is 9.87. The number of benzene rings is 1. The maximum Gasteiger partial charge on any atom is 0.219 e. The molecule has 1 aliphatic carbocycles. The molecule has 0 aliphatic heterocycles. The molecular weight excluding hydrogens is 198 g/mol. The predicted molar refractivity (Wildman–Crippen MR) is 65.3 cm³/mol. The van der Waals surface area contributed by atoms with Crippen molar-refractivity contribution in [2.24, 2.45) is 0 Å². The molecule has 2 heteroatoms. The fourth-order valence-corrected chi connectivity index (χ4v) is 2.68. The fraction of sp³-hybridized carbons (Fsp3) is 0.500. The Balaban J connectivity index is 2.15. The summed E-state index contributed by atoms with van der Waals surface area (Å²) in [6.45, 7) is 4.55. The minimum absolute atomic E-state index is 0.201. The molecule has 2 rings (SSSR count). The first-order valence-electron chi connectivity index (χ1n) is 6.06. The number of amides is 1. The van der Waals surface area contributed by atoms with Crippen molar-refractivity contribution in [3.63, 3.8) is 0 Å². The van der Waals surface area contributed by atoms with E-state index in [2.05, 4.69) is 31.2 Å². The van der Waals surface area contributed by atoms with Crippen molar-refractivity contribution < 1.29 is 4.79 Å². The quantitative estimate of drug-likeness (QED) is 0.745. The van der Waals surface area contributed by atoms with Gasteiger partial charge in [0.25, 0.3) is 0 Å². The summed E-state index contributed by atoms with van der Waals surface area (Å²) in [5.74, 6) is 0.201. The Labute approximate surface area is 97.3 Å². The highest BCUT2D eigenvalue weighted by Gasteiger charge is 2.24. The standard InChI is InChI=1S/C14H19NO/c1-3-15(11(2)16)14-9-8-12-6-4-5-7-13(12)10-14/h4-7,14H,3,8-10H2,1-2H3. The molecule has 16 heavy (non-hydrogen) atoms. The molecule has 0 saturated heterocycles. The second kappa shape index (κ2) is 4.69. The second-order valence-electron chi connectivity index (χ2n) is 4.47. The van der Waals surface area contributed by atoms with Crippen LogP contribution in [0.3, 0.4) is 0 Å². The first-order valence-corrected chi connectivity index (χ1v) is 6.06. The van der Waals surface area contributed by atoms with Crippen molar-refractivity contribution >= 4 is 5.91 Å². The van der Waals surface area contributed by atoms with E-state index in [0.717, 1.165) is 25.8 Å². The zero-order chi connectivity index (χ0) is 11.5. The number of rotatable bonds is 2. The van der Waals surface area contributed by atoms with E-state index in [4.69, 9.17) is 0 Å². The summed E-state index contributed by atoms with van der Waals surface area (Å²) in [6, 6.07) is 8.98. The summed E-state index contributed by atoms with van der Waals surface area (Å²) in [4.78, 5) is 13.5. The highest BCUT2D eigenvalue weighted by Crippen LogP contribution is 2.24. The topological polar surface area (TPSA) is 20.3 Å². The normalized spacial score (nSPS) is 19.0. The number of hydrogen-bond acceptors (Lipinski definition) is 1. The van der Waals surface area contributed by atoms with Crippen LogP contribution in [0.1, 0.15) is 31.4 Å². The van der Waals surface area contributed by atoms with Crippen LogP contribution in [-0.2, 0) is 17.6 Å². The summed E-state index contributed by atoms with van der Waals surface area (Å²) >= 11 is 0. The van der Waals surface area contributed by atoms with Gasteiger partial charge >= 0.3 is 0 Å². The molecule has 1 aromatic carbocycles. The summed E-state index contributed by atoms with van der Waals surface area (Å²) in [5, 5.41) is 0. The van der Waals surface area contributed by atoms with Gasteiger partial charge in [0.2, 0.25) is 5.91 Å². The highest BCUT2D eigenvalue weighted by molar-refractivity contribution is 5.73. The second-order valence-corrected chi connectivity index (χ2v) is 4.47. The predicted octanol–water partition coefficient (Wildman–Crippen LogP) is 2.41. The Hall–Kier alpha value is -1.31. The van der Waals surface area contributed by atoms with Crippen LogP contribution < -0.4 is 0 Å². The average Bonchev–Trinajstić information content (AvgIpc) is 2.29. The molecule has 0 spiro atoms. The largest absolute Gasteiger partial charge is 0.340 e. The van der Waals surface area contributed by atoms with E-state index in [-0.39, 0.29) is 5.91 Å². The van der Waals surface area contributed by atoms with Gasteiger partial charge in [0, 0.05) is 19.5 Å². The van der Waals surface area contributed by atoms with Gasteiger partial charge in [-0.1, -0.05) is 24.3 Å². The molecule has 0 N–H and O–H groups in total. The van der Waals surface area contributed by atoms with Gasteiger partial charge < -0.3 is 4.90 Å². The van der Waals surface area contributed by atoms with Gasteiger partial charge in [-0.05, 0) is 37.3 Å². The van der Waals surface area contributed by atoms with Gasteiger partial charge in [-0.15, -0.1) is 0 Å². The molecule has 2 nitrogen and oxygen atoms in total. The van der Waals surface area contributed by atoms with Crippen LogP contribution >= 0.6 is 0 Å². The zero-order valence-corrected chi connectivity index (χ0v) is 10.1. The number of fused-ring (bicyclic) bond motifs is 1. The van der Waals surface area contributed by atoms with E-state index < -0.39 is 0 Å². The molecule has 0 saturated carbocycles. The Morgan fingerprint density at radius 3 is 2.69 bits per heavy atom. The highest BCUT2D eigenvalue weighted by atomic mass is 16.2. The van der Waals surface area contributed by atoms with Gasteiger partial charge in [0.1, 0.15) is 0 Å². The number of aryl methyl sites for hydroxylation is 1. The van der Waals surface area contributed by atoms with Crippen molar-refractivity contribution in [1.29, 1.82) is 0 Å². The van der Waals surface area contributed by atoms with Crippen molar-refractivity contribution in [1.82, 2.24) is 4.90 Å². The van der Waals surface area contributed by atoms with Gasteiger partial charge in [0.15, 0.2) is 0 Å². The lowest BCUT2D eigenvalue weighted by molar-refractivity contribution is -0.131. The maximum absolute atomic E-state index is 11.5. The van der Waals surface area contributed by atoms with Crippen molar-refractivity contribution in [3.05, 3.63) is 35.4 Å². The molecule has 1 atom stereocenters. The van der Waals surface area contributed by atoms with E-state index >= 15 is 0 Å². The number of nitrogens with zero attached hydrogens (tertiary/aromatic N) is 1. The molecular formula is C14H19NO. The lowest BCUT2D eigenvalue weighted by Gasteiger charge is -2.33. The van der Waals surface area contributed by atoms with E-state index in [9.17, 15) is 4.79 Å². The third-order valence-corrected chi connectivity index (χ3v) is 3.51. The monoisotopic (exact) mass is 217 g/mol. The van der Waals surface area contributed by atoms with Gasteiger partial charge in [-0.25, -0.2) is 0 Å². The van der Waals surface area contributed by atoms with Crippen LogP contribution in [0.15, 0.2) is 24.3 Å². The zero-order valence-electron chi connectivity index (χ0n) is 10.1. The van der Waals surface area contributed by atoms with Crippen LogP contribution in [0.5, 0.6) is 0 Å². The Kier molecular flexibility index (Phi) is 3.28. The molecule has 1 amide bonds. The molecule has 0 heterocycles. The number of likely N-dealkylation sites (N-methyl/N-ethyl adjacent to an activating group) is 1. The third kappa shape index (κ3) is 2.11. The Morgan fingerprint density at radius 2 is 2.06 bits per heavy atom. The third-order valence-electron chi connectivity index (χ3n) is 3.51. The van der Waals surface area contributed by atoms with Crippen LogP contribution in [0.25, 0.3) is 0 Å². The van der Waals surface area contributed by atoms with Crippen LogP contribution in [0.4, 0.5) is 0 Å². The minimum Gasteiger partial charge on any atom is -0.340 e. The van der Waals surface area contributed by atoms with Gasteiger partial charge in [0.05, 0.1) is 0 Å². The summed E-state index contributed by atoms with van der Waals surface area (Å²) < 4.78 is 0. The van der Waals surface area contributed by atoms with Crippen molar-refractivity contribution in [3.8, 4) is 0 Å². The number of carbonyl (C=O) groups is 1. The van der Waals surface area contributed by atoms with Crippen LogP contribution in [-0.4, -0.2) is 23.4 Å². The Morgan fingerprint density at radius 1 is 1.38 bits per heavy atom. The van der Waals surface area contributed by atoms with E-state index in [1.54, 1.807) is 6.92 Å². The molecule has 0 aromatic heterocycles. The first-order chi connectivity index (χ1) is 7.72. The fourth-order valence-electron chi connectivity index (χ4n) is 2.68. The van der Waals surface area contributed by atoms with E-state index in [1.807, 2.05) is 4.90 Å². The molecule has 1 aliphatic rings. The summed E-state index contributed by atoms with van der Waals surface area (Å²) in [7, 11) is 0. The minimum atomic E-state index is 0.201. The average molecular weight is 217 g/mol. The van der Waals surface area contributed by atoms with E-state index in [1.165, 1.54) is 11.1 Å². The SMILES string of the molecule is CCN(C(C)=O)C1CCc2ccccc2C1. The number of carbonyl (C=O) groups excluding carboxylic acids is 1. The van der Waals surface area contributed by atoms with Crippen molar-refractivity contribution in [2.45, 2.75) is 39.2 Å². The Bertz CT molecular complexity index is 386. The smallest absolute Gasteiger partial charge is 0.219 e. The molecule has 0 fully saturated rings.